The first-order chi connectivity index (χ1) is 8.38. The highest BCUT2D eigenvalue weighted by Gasteiger charge is 2.23. The number of carbonyl (C=O) groups is 1. The van der Waals surface area contributed by atoms with E-state index >= 15 is 0 Å². The number of benzene rings is 1. The Kier molecular flexibility index (Phi) is 3.47. The third-order valence-corrected chi connectivity index (χ3v) is 3.65. The predicted octanol–water partition coefficient (Wildman–Crippen LogP) is 3.40. The summed E-state index contributed by atoms with van der Waals surface area (Å²) >= 11 is 0. The molecule has 2 heteroatoms. The molecular weight excluding hydrogens is 222 g/mol. The molecule has 2 rings (SSSR count). The summed E-state index contributed by atoms with van der Waals surface area (Å²) in [5.74, 6) is 0.107. The van der Waals surface area contributed by atoms with Crippen LogP contribution in [0.4, 0.5) is 0 Å². The van der Waals surface area contributed by atoms with Crippen LogP contribution in [0.15, 0.2) is 18.2 Å². The van der Waals surface area contributed by atoms with Gasteiger partial charge < -0.3 is 5.32 Å². The van der Waals surface area contributed by atoms with E-state index in [1.54, 1.807) is 0 Å². The fraction of sp³-hybridized carbons (Fsp3) is 0.562. The molecule has 1 atom stereocenters. The lowest BCUT2D eigenvalue weighted by Crippen LogP contribution is -2.36. The Morgan fingerprint density at radius 3 is 2.56 bits per heavy atom. The van der Waals surface area contributed by atoms with Gasteiger partial charge in [0.15, 0.2) is 0 Å². The first-order valence-electron chi connectivity index (χ1n) is 6.80. The molecule has 0 heterocycles. The molecule has 1 unspecified atom stereocenters. The second kappa shape index (κ2) is 4.75. The lowest BCUT2D eigenvalue weighted by atomic mass is 9.94. The molecule has 98 valence electrons. The number of carbonyl (C=O) groups excluding carboxylic acids is 1. The summed E-state index contributed by atoms with van der Waals surface area (Å²) in [6.45, 7) is 7.88. The Morgan fingerprint density at radius 2 is 1.89 bits per heavy atom. The molecule has 1 amide bonds. The van der Waals surface area contributed by atoms with E-state index in [0.29, 0.717) is 0 Å². The first-order valence-corrected chi connectivity index (χ1v) is 6.80. The minimum Gasteiger partial charge on any atom is -0.349 e. The van der Waals surface area contributed by atoms with Crippen molar-refractivity contribution in [2.75, 3.05) is 0 Å². The molecule has 0 bridgehead atoms. The predicted molar refractivity (Wildman–Crippen MR) is 74.5 cm³/mol. The van der Waals surface area contributed by atoms with E-state index in [0.717, 1.165) is 0 Å². The third-order valence-electron chi connectivity index (χ3n) is 3.65. The first kappa shape index (κ1) is 13.1. The normalized spacial score (nSPS) is 16.2. The minimum atomic E-state index is -0.328. The van der Waals surface area contributed by atoms with Gasteiger partial charge in [0.2, 0.25) is 5.91 Å². The highest BCUT2D eigenvalue weighted by molar-refractivity contribution is 5.81. The number of aryl methyl sites for hydroxylation is 2. The number of hydrogen-bond acceptors (Lipinski definition) is 1. The maximum atomic E-state index is 12.0. The van der Waals surface area contributed by atoms with Gasteiger partial charge in [-0.2, -0.15) is 0 Å². The maximum Gasteiger partial charge on any atom is 0.225 e. The fourth-order valence-corrected chi connectivity index (χ4v) is 2.36. The number of fused-ring (bicyclic) bond motifs is 1. The molecule has 1 aliphatic rings. The molecule has 1 aliphatic carbocycles. The Labute approximate surface area is 110 Å². The second-order valence-corrected chi connectivity index (χ2v) is 6.33. The molecule has 18 heavy (non-hydrogen) atoms. The van der Waals surface area contributed by atoms with Crippen molar-refractivity contribution in [2.24, 2.45) is 5.41 Å². The molecule has 1 aromatic rings. The summed E-state index contributed by atoms with van der Waals surface area (Å²) in [6.07, 6.45) is 3.66. The number of rotatable bonds is 2. The second-order valence-electron chi connectivity index (χ2n) is 6.33. The number of nitrogens with one attached hydrogen (secondary N) is 1. The van der Waals surface area contributed by atoms with Crippen molar-refractivity contribution in [3.63, 3.8) is 0 Å². The van der Waals surface area contributed by atoms with Crippen molar-refractivity contribution in [2.45, 2.75) is 53.0 Å². The van der Waals surface area contributed by atoms with E-state index in [2.05, 4.69) is 30.4 Å². The van der Waals surface area contributed by atoms with E-state index in [9.17, 15) is 4.79 Å². The minimum absolute atomic E-state index is 0.0858. The van der Waals surface area contributed by atoms with Crippen molar-refractivity contribution in [1.82, 2.24) is 5.32 Å². The molecular formula is C16H23NO. The van der Waals surface area contributed by atoms with E-state index < -0.39 is 0 Å². The van der Waals surface area contributed by atoms with E-state index in [1.165, 1.54) is 36.0 Å². The molecule has 0 spiro atoms. The van der Waals surface area contributed by atoms with Gasteiger partial charge in [0, 0.05) is 5.41 Å². The Hall–Kier alpha value is -1.31. The molecule has 1 N–H and O–H groups in total. The van der Waals surface area contributed by atoms with Gasteiger partial charge in [0.05, 0.1) is 6.04 Å². The van der Waals surface area contributed by atoms with Crippen LogP contribution in [0.25, 0.3) is 0 Å². The van der Waals surface area contributed by atoms with E-state index in [4.69, 9.17) is 0 Å². The van der Waals surface area contributed by atoms with Crippen LogP contribution in [-0.2, 0) is 17.6 Å². The quantitative estimate of drug-likeness (QED) is 0.850. The molecule has 1 aromatic carbocycles. The highest BCUT2D eigenvalue weighted by atomic mass is 16.2. The fourth-order valence-electron chi connectivity index (χ4n) is 2.36. The van der Waals surface area contributed by atoms with Crippen molar-refractivity contribution in [3.05, 3.63) is 34.9 Å². The smallest absolute Gasteiger partial charge is 0.225 e. The van der Waals surface area contributed by atoms with Crippen LogP contribution in [0.5, 0.6) is 0 Å². The van der Waals surface area contributed by atoms with Crippen molar-refractivity contribution < 1.29 is 4.79 Å². The summed E-state index contributed by atoms with van der Waals surface area (Å²) in [5.41, 5.74) is 3.83. The van der Waals surface area contributed by atoms with Gasteiger partial charge in [0.25, 0.3) is 0 Å². The van der Waals surface area contributed by atoms with Gasteiger partial charge in [-0.25, -0.2) is 0 Å². The van der Waals surface area contributed by atoms with Crippen molar-refractivity contribution in [3.8, 4) is 0 Å². The zero-order valence-electron chi connectivity index (χ0n) is 11.8. The van der Waals surface area contributed by atoms with Crippen LogP contribution in [0.3, 0.4) is 0 Å². The van der Waals surface area contributed by atoms with Gasteiger partial charge in [0.1, 0.15) is 0 Å². The van der Waals surface area contributed by atoms with Crippen LogP contribution in [0.2, 0.25) is 0 Å². The summed E-state index contributed by atoms with van der Waals surface area (Å²) in [7, 11) is 0. The lowest BCUT2D eigenvalue weighted by Gasteiger charge is -2.22. The third kappa shape index (κ3) is 2.74. The average Bonchev–Trinajstić information content (AvgIpc) is 2.74. The van der Waals surface area contributed by atoms with Crippen LogP contribution in [-0.4, -0.2) is 5.91 Å². The summed E-state index contributed by atoms with van der Waals surface area (Å²) in [4.78, 5) is 12.0. The van der Waals surface area contributed by atoms with Crippen molar-refractivity contribution >= 4 is 5.91 Å². The zero-order valence-corrected chi connectivity index (χ0v) is 11.8. The molecule has 0 aromatic heterocycles. The van der Waals surface area contributed by atoms with Gasteiger partial charge in [-0.1, -0.05) is 39.0 Å². The molecule has 2 nitrogen and oxygen atoms in total. The standard InChI is InChI=1S/C16H23NO/c1-11(17-15(18)16(2,3)4)13-9-8-12-6-5-7-14(12)10-13/h8-11H,5-7H2,1-4H3,(H,17,18). The van der Waals surface area contributed by atoms with E-state index in [1.807, 2.05) is 20.8 Å². The highest BCUT2D eigenvalue weighted by Crippen LogP contribution is 2.26. The van der Waals surface area contributed by atoms with Crippen LogP contribution in [0, 0.1) is 5.41 Å². The van der Waals surface area contributed by atoms with Crippen LogP contribution in [0.1, 0.15) is 56.8 Å². The zero-order chi connectivity index (χ0) is 13.3. The molecule has 0 saturated heterocycles. The maximum absolute atomic E-state index is 12.0. The number of hydrogen-bond donors (Lipinski definition) is 1. The summed E-state index contributed by atoms with van der Waals surface area (Å²) in [5, 5.41) is 3.09. The van der Waals surface area contributed by atoms with Gasteiger partial charge in [-0.3, -0.25) is 4.79 Å². The van der Waals surface area contributed by atoms with Gasteiger partial charge in [-0.05, 0) is 42.9 Å². The molecule has 0 fully saturated rings. The van der Waals surface area contributed by atoms with Gasteiger partial charge in [-0.15, -0.1) is 0 Å². The Balaban J connectivity index is 2.10. The van der Waals surface area contributed by atoms with Gasteiger partial charge >= 0.3 is 0 Å². The Bertz CT molecular complexity index is 457. The largest absolute Gasteiger partial charge is 0.349 e. The van der Waals surface area contributed by atoms with Crippen LogP contribution < -0.4 is 5.32 Å². The number of amides is 1. The SMILES string of the molecule is CC(NC(=O)C(C)(C)C)c1ccc2c(c1)CCC2. The van der Waals surface area contributed by atoms with Crippen molar-refractivity contribution in [1.29, 1.82) is 0 Å². The molecule has 0 radical (unpaired) electrons. The summed E-state index contributed by atoms with van der Waals surface area (Å²) < 4.78 is 0. The topological polar surface area (TPSA) is 29.1 Å². The Morgan fingerprint density at radius 1 is 1.22 bits per heavy atom. The lowest BCUT2D eigenvalue weighted by molar-refractivity contribution is -0.129. The molecule has 0 aliphatic heterocycles. The summed E-state index contributed by atoms with van der Waals surface area (Å²) in [6, 6.07) is 6.72. The average molecular weight is 245 g/mol. The van der Waals surface area contributed by atoms with Crippen LogP contribution >= 0.6 is 0 Å². The molecule has 0 saturated carbocycles. The monoisotopic (exact) mass is 245 g/mol. The van der Waals surface area contributed by atoms with E-state index in [-0.39, 0.29) is 17.4 Å².